The Kier molecular flexibility index (Phi) is 4.40. The van der Waals surface area contributed by atoms with E-state index in [1.807, 2.05) is 6.92 Å². The van der Waals surface area contributed by atoms with Gasteiger partial charge in [-0.1, -0.05) is 6.92 Å². The first-order valence-electron chi connectivity index (χ1n) is 8.08. The predicted octanol–water partition coefficient (Wildman–Crippen LogP) is 1.26. The number of likely N-dealkylation sites (N-methyl/N-ethyl adjacent to an activating group) is 1. The third-order valence-corrected chi connectivity index (χ3v) is 4.71. The van der Waals surface area contributed by atoms with E-state index in [0.29, 0.717) is 6.04 Å². The average molecular weight is 297 g/mol. The lowest BCUT2D eigenvalue weighted by molar-refractivity contribution is -0.187. The molecule has 2 atom stereocenters. The molecular weight excluding hydrogens is 266 g/mol. The molecule has 1 saturated heterocycles. The van der Waals surface area contributed by atoms with Gasteiger partial charge in [-0.05, 0) is 53.5 Å². The largest absolute Gasteiger partial charge is 0.368 e. The van der Waals surface area contributed by atoms with Crippen molar-refractivity contribution in [2.45, 2.75) is 76.7 Å². The Morgan fingerprint density at radius 1 is 1.29 bits per heavy atom. The smallest absolute Gasteiger partial charge is 0.237 e. The van der Waals surface area contributed by atoms with E-state index in [-0.39, 0.29) is 17.1 Å². The van der Waals surface area contributed by atoms with Crippen LogP contribution in [0.5, 0.6) is 0 Å². The molecule has 0 aromatic carbocycles. The number of carbonyl (C=O) groups excluding carboxylic acids is 1. The van der Waals surface area contributed by atoms with Crippen molar-refractivity contribution in [3.05, 3.63) is 0 Å². The number of morpholine rings is 1. The number of ether oxygens (including phenoxy) is 1. The molecule has 0 bridgehead atoms. The van der Waals surface area contributed by atoms with Crippen LogP contribution in [0.15, 0.2) is 0 Å². The minimum atomic E-state index is -0.522. The Labute approximate surface area is 128 Å². The number of carbonyl (C=O) groups is 1. The second-order valence-corrected chi connectivity index (χ2v) is 7.90. The molecule has 2 fully saturated rings. The lowest BCUT2D eigenvalue weighted by Gasteiger charge is -2.49. The average Bonchev–Trinajstić information content (AvgIpc) is 2.71. The lowest BCUT2D eigenvalue weighted by atomic mass is 9.94. The number of hydrogen-bond donors (Lipinski definition) is 2. The second-order valence-electron chi connectivity index (χ2n) is 7.90. The van der Waals surface area contributed by atoms with Crippen LogP contribution in [0, 0.1) is 0 Å². The fourth-order valence-corrected chi connectivity index (χ4v) is 4.25. The zero-order valence-electron chi connectivity index (χ0n) is 14.2. The normalized spacial score (nSPS) is 35.8. The first-order chi connectivity index (χ1) is 9.59. The lowest BCUT2D eigenvalue weighted by Crippen LogP contribution is -2.60. The number of amides is 1. The summed E-state index contributed by atoms with van der Waals surface area (Å²) < 4.78 is 6.15. The van der Waals surface area contributed by atoms with E-state index >= 15 is 0 Å². The van der Waals surface area contributed by atoms with Crippen LogP contribution in [0.2, 0.25) is 0 Å². The van der Waals surface area contributed by atoms with Crippen molar-refractivity contribution in [2.75, 3.05) is 19.6 Å². The zero-order chi connectivity index (χ0) is 15.9. The van der Waals surface area contributed by atoms with Gasteiger partial charge in [-0.2, -0.15) is 0 Å². The Bertz CT molecular complexity index is 392. The van der Waals surface area contributed by atoms with Gasteiger partial charge >= 0.3 is 0 Å². The molecule has 2 unspecified atom stereocenters. The predicted molar refractivity (Wildman–Crippen MR) is 84.1 cm³/mol. The maximum absolute atomic E-state index is 11.9. The van der Waals surface area contributed by atoms with Gasteiger partial charge in [-0.3, -0.25) is 9.69 Å². The maximum Gasteiger partial charge on any atom is 0.237 e. The van der Waals surface area contributed by atoms with Crippen LogP contribution in [0.4, 0.5) is 0 Å². The SMILES string of the molecule is CCNC1(C(N)=O)CCC(N2CC(C)(C)OC(C)(C)C2)C1. The summed E-state index contributed by atoms with van der Waals surface area (Å²) in [6.07, 6.45) is 2.66. The van der Waals surface area contributed by atoms with Crippen molar-refractivity contribution in [1.29, 1.82) is 0 Å². The molecule has 0 radical (unpaired) electrons. The minimum absolute atomic E-state index is 0.155. The van der Waals surface area contributed by atoms with Gasteiger partial charge < -0.3 is 15.8 Å². The molecule has 1 saturated carbocycles. The monoisotopic (exact) mass is 297 g/mol. The molecule has 1 heterocycles. The van der Waals surface area contributed by atoms with Crippen molar-refractivity contribution >= 4 is 5.91 Å². The van der Waals surface area contributed by atoms with E-state index in [1.165, 1.54) is 0 Å². The molecule has 1 aliphatic heterocycles. The Morgan fingerprint density at radius 2 is 1.86 bits per heavy atom. The summed E-state index contributed by atoms with van der Waals surface area (Å²) in [5.74, 6) is -0.210. The minimum Gasteiger partial charge on any atom is -0.368 e. The van der Waals surface area contributed by atoms with Gasteiger partial charge in [0, 0.05) is 19.1 Å². The summed E-state index contributed by atoms with van der Waals surface area (Å²) in [6, 6.07) is 0.402. The van der Waals surface area contributed by atoms with Crippen molar-refractivity contribution in [3.63, 3.8) is 0 Å². The van der Waals surface area contributed by atoms with Crippen LogP contribution in [0.1, 0.15) is 53.9 Å². The van der Waals surface area contributed by atoms with Crippen molar-refractivity contribution < 1.29 is 9.53 Å². The van der Waals surface area contributed by atoms with Gasteiger partial charge in [0.2, 0.25) is 5.91 Å². The molecule has 1 amide bonds. The summed E-state index contributed by atoms with van der Waals surface area (Å²) >= 11 is 0. The van der Waals surface area contributed by atoms with Crippen molar-refractivity contribution in [1.82, 2.24) is 10.2 Å². The number of primary amides is 1. The van der Waals surface area contributed by atoms with Crippen LogP contribution in [0.25, 0.3) is 0 Å². The number of nitrogens with one attached hydrogen (secondary N) is 1. The molecule has 0 spiro atoms. The molecule has 2 aliphatic rings. The summed E-state index contributed by atoms with van der Waals surface area (Å²) in [5.41, 5.74) is 4.84. The molecule has 1 aliphatic carbocycles. The van der Waals surface area contributed by atoms with E-state index in [9.17, 15) is 4.79 Å². The number of nitrogens with two attached hydrogens (primary N) is 1. The van der Waals surface area contributed by atoms with Crippen LogP contribution in [0.3, 0.4) is 0 Å². The highest BCUT2D eigenvalue weighted by molar-refractivity contribution is 5.85. The fourth-order valence-electron chi connectivity index (χ4n) is 4.25. The van der Waals surface area contributed by atoms with Crippen LogP contribution < -0.4 is 11.1 Å². The van der Waals surface area contributed by atoms with Crippen molar-refractivity contribution in [3.8, 4) is 0 Å². The quantitative estimate of drug-likeness (QED) is 0.820. The molecule has 5 nitrogen and oxygen atoms in total. The highest BCUT2D eigenvalue weighted by Crippen LogP contribution is 2.37. The molecule has 5 heteroatoms. The maximum atomic E-state index is 11.9. The first-order valence-corrected chi connectivity index (χ1v) is 8.08. The Balaban J connectivity index is 2.11. The van der Waals surface area contributed by atoms with Gasteiger partial charge in [0.05, 0.1) is 16.7 Å². The highest BCUT2D eigenvalue weighted by atomic mass is 16.5. The standard InChI is InChI=1S/C16H31N3O2/c1-6-18-16(13(17)20)8-7-12(9-16)19-10-14(2,3)21-15(4,5)11-19/h12,18H,6-11H2,1-5H3,(H2,17,20). The number of hydrogen-bond acceptors (Lipinski definition) is 4. The Hall–Kier alpha value is -0.650. The van der Waals surface area contributed by atoms with Gasteiger partial charge in [-0.25, -0.2) is 0 Å². The molecule has 122 valence electrons. The van der Waals surface area contributed by atoms with Gasteiger partial charge in [0.1, 0.15) is 0 Å². The summed E-state index contributed by atoms with van der Waals surface area (Å²) in [7, 11) is 0. The number of nitrogens with zero attached hydrogens (tertiary/aromatic N) is 1. The summed E-state index contributed by atoms with van der Waals surface area (Å²) in [6.45, 7) is 13.2. The third kappa shape index (κ3) is 3.58. The fraction of sp³-hybridized carbons (Fsp3) is 0.938. The van der Waals surface area contributed by atoms with Crippen LogP contribution in [-0.2, 0) is 9.53 Å². The third-order valence-electron chi connectivity index (χ3n) is 4.71. The van der Waals surface area contributed by atoms with Gasteiger partial charge in [-0.15, -0.1) is 0 Å². The van der Waals surface area contributed by atoms with Crippen LogP contribution in [-0.4, -0.2) is 53.2 Å². The van der Waals surface area contributed by atoms with E-state index in [4.69, 9.17) is 10.5 Å². The first kappa shape index (κ1) is 16.7. The van der Waals surface area contributed by atoms with E-state index in [0.717, 1.165) is 38.9 Å². The van der Waals surface area contributed by atoms with E-state index < -0.39 is 5.54 Å². The molecular formula is C16H31N3O2. The molecule has 21 heavy (non-hydrogen) atoms. The van der Waals surface area contributed by atoms with Gasteiger partial charge in [0.25, 0.3) is 0 Å². The van der Waals surface area contributed by atoms with Gasteiger partial charge in [0.15, 0.2) is 0 Å². The van der Waals surface area contributed by atoms with E-state index in [1.54, 1.807) is 0 Å². The topological polar surface area (TPSA) is 67.6 Å². The molecule has 0 aromatic rings. The Morgan fingerprint density at radius 3 is 2.33 bits per heavy atom. The molecule has 0 aromatic heterocycles. The van der Waals surface area contributed by atoms with Crippen LogP contribution >= 0.6 is 0 Å². The summed E-state index contributed by atoms with van der Waals surface area (Å²) in [4.78, 5) is 14.4. The molecule has 3 N–H and O–H groups in total. The van der Waals surface area contributed by atoms with E-state index in [2.05, 4.69) is 37.9 Å². The summed E-state index contributed by atoms with van der Waals surface area (Å²) in [5, 5.41) is 3.34. The number of rotatable bonds is 4. The van der Waals surface area contributed by atoms with Crippen molar-refractivity contribution in [2.24, 2.45) is 5.73 Å². The highest BCUT2D eigenvalue weighted by Gasteiger charge is 2.48. The molecule has 2 rings (SSSR count). The second kappa shape index (κ2) is 5.52. The zero-order valence-corrected chi connectivity index (χ0v) is 14.2.